The van der Waals surface area contributed by atoms with Crippen molar-refractivity contribution in [3.05, 3.63) is 0 Å². The molecule has 4 heteroatoms. The van der Waals surface area contributed by atoms with Gasteiger partial charge in [0.2, 0.25) is 0 Å². The minimum Gasteiger partial charge on any atom is -0.481 e. The molecule has 0 unspecified atom stereocenters. The highest BCUT2D eigenvalue weighted by Crippen LogP contribution is 2.00. The molecule has 12 heavy (non-hydrogen) atoms. The lowest BCUT2D eigenvalue weighted by Gasteiger charge is -2.25. The summed E-state index contributed by atoms with van der Waals surface area (Å²) in [6.45, 7) is 7.26. The minimum atomic E-state index is -0.833. The molecule has 1 heterocycles. The van der Waals surface area contributed by atoms with Gasteiger partial charge >= 0.3 is 0 Å². The highest BCUT2D eigenvalue weighted by molar-refractivity contribution is 5.62. The molecule has 0 spiro atoms. The van der Waals surface area contributed by atoms with Crippen molar-refractivity contribution in [3.63, 3.8) is 0 Å². The zero-order valence-corrected chi connectivity index (χ0v) is 7.83. The quantitative estimate of drug-likeness (QED) is 0.562. The molecule has 0 aromatic heterocycles. The summed E-state index contributed by atoms with van der Waals surface area (Å²) in [7, 11) is 0. The first-order valence-electron chi connectivity index (χ1n) is 4.08. The van der Waals surface area contributed by atoms with Crippen molar-refractivity contribution >= 4 is 5.97 Å². The number of hydrogen-bond donors (Lipinski definition) is 2. The molecule has 4 nitrogen and oxygen atoms in total. The second kappa shape index (κ2) is 5.97. The number of hydrogen-bond acceptors (Lipinski definition) is 3. The lowest BCUT2D eigenvalue weighted by molar-refractivity contribution is -0.134. The summed E-state index contributed by atoms with van der Waals surface area (Å²) in [5.74, 6) is -0.833. The lowest BCUT2D eigenvalue weighted by atomic mass is 10.3. The van der Waals surface area contributed by atoms with E-state index >= 15 is 0 Å². The van der Waals surface area contributed by atoms with E-state index in [0.29, 0.717) is 12.2 Å². The Morgan fingerprint density at radius 2 is 1.75 bits per heavy atom. The van der Waals surface area contributed by atoms with E-state index in [0.717, 1.165) is 20.0 Å². The third-order valence-corrected chi connectivity index (χ3v) is 1.33. The Bertz CT molecular complexity index is 126. The Morgan fingerprint density at radius 1 is 1.42 bits per heavy atom. The van der Waals surface area contributed by atoms with Crippen molar-refractivity contribution in [1.29, 1.82) is 0 Å². The highest BCUT2D eigenvalue weighted by Gasteiger charge is 2.12. The summed E-state index contributed by atoms with van der Waals surface area (Å²) < 4.78 is 5.42. The molecule has 1 rings (SSSR count). The van der Waals surface area contributed by atoms with Gasteiger partial charge in [0.1, 0.15) is 0 Å². The van der Waals surface area contributed by atoms with Gasteiger partial charge in [-0.1, -0.05) is 0 Å². The molecule has 0 saturated carbocycles. The fraction of sp³-hybridized carbons (Fsp3) is 0.875. The van der Waals surface area contributed by atoms with Crippen molar-refractivity contribution in [2.75, 3.05) is 13.1 Å². The number of morpholine rings is 1. The normalized spacial score (nSPS) is 28.6. The van der Waals surface area contributed by atoms with Gasteiger partial charge in [-0.25, -0.2) is 0 Å². The van der Waals surface area contributed by atoms with Crippen LogP contribution in [0.5, 0.6) is 0 Å². The van der Waals surface area contributed by atoms with Crippen molar-refractivity contribution in [2.24, 2.45) is 0 Å². The SMILES string of the molecule is CC(=O)O.C[C@@H]1CNC[C@@H](C)O1. The van der Waals surface area contributed by atoms with Gasteiger partial charge in [-0.3, -0.25) is 4.79 Å². The van der Waals surface area contributed by atoms with Gasteiger partial charge in [0.25, 0.3) is 5.97 Å². The largest absolute Gasteiger partial charge is 0.481 e. The smallest absolute Gasteiger partial charge is 0.300 e. The van der Waals surface area contributed by atoms with Gasteiger partial charge in [0.15, 0.2) is 0 Å². The number of aliphatic carboxylic acids is 1. The van der Waals surface area contributed by atoms with Crippen LogP contribution in [0.1, 0.15) is 20.8 Å². The van der Waals surface area contributed by atoms with Gasteiger partial charge < -0.3 is 15.2 Å². The Balaban J connectivity index is 0.000000261. The average molecular weight is 175 g/mol. The van der Waals surface area contributed by atoms with Crippen LogP contribution in [0.3, 0.4) is 0 Å². The molecule has 0 aliphatic carbocycles. The Kier molecular flexibility index (Phi) is 5.66. The first kappa shape index (κ1) is 11.4. The zero-order valence-electron chi connectivity index (χ0n) is 7.83. The Morgan fingerprint density at radius 3 is 1.92 bits per heavy atom. The molecule has 1 fully saturated rings. The minimum absolute atomic E-state index is 0.402. The van der Waals surface area contributed by atoms with Crippen LogP contribution in [-0.4, -0.2) is 36.4 Å². The molecular weight excluding hydrogens is 158 g/mol. The summed E-state index contributed by atoms with van der Waals surface area (Å²) in [6, 6.07) is 0. The summed E-state index contributed by atoms with van der Waals surface area (Å²) in [5, 5.41) is 10.7. The van der Waals surface area contributed by atoms with Crippen molar-refractivity contribution in [3.8, 4) is 0 Å². The van der Waals surface area contributed by atoms with Crippen LogP contribution in [0.25, 0.3) is 0 Å². The molecule has 0 aromatic carbocycles. The number of carboxylic acid groups (broad SMARTS) is 1. The molecular formula is C8H17NO3. The van der Waals surface area contributed by atoms with Crippen LogP contribution in [-0.2, 0) is 9.53 Å². The third-order valence-electron chi connectivity index (χ3n) is 1.33. The first-order chi connectivity index (χ1) is 5.52. The lowest BCUT2D eigenvalue weighted by Crippen LogP contribution is -2.41. The van der Waals surface area contributed by atoms with E-state index in [-0.39, 0.29) is 0 Å². The summed E-state index contributed by atoms with van der Waals surface area (Å²) >= 11 is 0. The van der Waals surface area contributed by atoms with Gasteiger partial charge in [0.05, 0.1) is 12.2 Å². The zero-order chi connectivity index (χ0) is 9.56. The number of carboxylic acids is 1. The number of rotatable bonds is 0. The Hall–Kier alpha value is -0.610. The molecule has 0 radical (unpaired) electrons. The van der Waals surface area contributed by atoms with E-state index < -0.39 is 5.97 Å². The summed E-state index contributed by atoms with van der Waals surface area (Å²) in [5.41, 5.74) is 0. The monoisotopic (exact) mass is 175 g/mol. The van der Waals surface area contributed by atoms with Gasteiger partial charge in [-0.2, -0.15) is 0 Å². The van der Waals surface area contributed by atoms with Gasteiger partial charge in [-0.05, 0) is 13.8 Å². The molecule has 0 bridgehead atoms. The maximum Gasteiger partial charge on any atom is 0.300 e. The molecule has 0 aromatic rings. The molecule has 1 saturated heterocycles. The van der Waals surface area contributed by atoms with Gasteiger partial charge in [0, 0.05) is 20.0 Å². The van der Waals surface area contributed by atoms with Crippen molar-refractivity contribution in [1.82, 2.24) is 5.32 Å². The van der Waals surface area contributed by atoms with Crippen LogP contribution in [0.15, 0.2) is 0 Å². The molecule has 72 valence electrons. The van der Waals surface area contributed by atoms with Crippen LogP contribution in [0.4, 0.5) is 0 Å². The summed E-state index contributed by atoms with van der Waals surface area (Å²) in [4.78, 5) is 9.00. The fourth-order valence-electron chi connectivity index (χ4n) is 0.983. The molecule has 2 N–H and O–H groups in total. The molecule has 0 amide bonds. The van der Waals surface area contributed by atoms with Crippen LogP contribution >= 0.6 is 0 Å². The summed E-state index contributed by atoms with van der Waals surface area (Å²) in [6.07, 6.45) is 0.803. The molecule has 2 atom stereocenters. The molecule has 1 aliphatic rings. The number of carbonyl (C=O) groups is 1. The average Bonchev–Trinajstić information content (AvgIpc) is 1.84. The van der Waals surface area contributed by atoms with Crippen LogP contribution in [0, 0.1) is 0 Å². The maximum absolute atomic E-state index is 9.00. The van der Waals surface area contributed by atoms with Crippen LogP contribution in [0.2, 0.25) is 0 Å². The fourth-order valence-corrected chi connectivity index (χ4v) is 0.983. The van der Waals surface area contributed by atoms with Crippen LogP contribution < -0.4 is 5.32 Å². The molecule has 1 aliphatic heterocycles. The van der Waals surface area contributed by atoms with E-state index in [1.807, 2.05) is 0 Å². The van der Waals surface area contributed by atoms with E-state index in [4.69, 9.17) is 14.6 Å². The van der Waals surface area contributed by atoms with Gasteiger partial charge in [-0.15, -0.1) is 0 Å². The van der Waals surface area contributed by atoms with Crippen molar-refractivity contribution in [2.45, 2.75) is 33.0 Å². The standard InChI is InChI=1S/C6H13NO.C2H4O2/c1-5-3-7-4-6(2)8-5;1-2(3)4/h5-7H,3-4H2,1-2H3;1H3,(H,3,4)/t5-,6-;/m1./s1. The number of ether oxygens (including phenoxy) is 1. The number of nitrogens with one attached hydrogen (secondary N) is 1. The topological polar surface area (TPSA) is 58.6 Å². The predicted molar refractivity (Wildman–Crippen MR) is 46.2 cm³/mol. The van der Waals surface area contributed by atoms with E-state index in [1.165, 1.54) is 0 Å². The van der Waals surface area contributed by atoms with E-state index in [2.05, 4.69) is 19.2 Å². The third kappa shape index (κ3) is 7.50. The second-order valence-electron chi connectivity index (χ2n) is 2.93. The van der Waals surface area contributed by atoms with Crippen molar-refractivity contribution < 1.29 is 14.6 Å². The van der Waals surface area contributed by atoms with E-state index in [1.54, 1.807) is 0 Å². The predicted octanol–water partition coefficient (Wildman–Crippen LogP) is 0.474. The van der Waals surface area contributed by atoms with E-state index in [9.17, 15) is 0 Å². The second-order valence-corrected chi connectivity index (χ2v) is 2.93. The highest BCUT2D eigenvalue weighted by atomic mass is 16.5. The maximum atomic E-state index is 9.00. The first-order valence-corrected chi connectivity index (χ1v) is 4.08. The Labute approximate surface area is 72.9 Å².